The fourth-order valence-corrected chi connectivity index (χ4v) is 2.56. The zero-order valence-corrected chi connectivity index (χ0v) is 13.2. The van der Waals surface area contributed by atoms with Crippen LogP contribution < -0.4 is 16.4 Å². The molecule has 1 aromatic carbocycles. The lowest BCUT2D eigenvalue weighted by Gasteiger charge is -2.33. The normalized spacial score (nSPS) is 12.1. The molecule has 0 fully saturated rings. The zero-order valence-electron chi connectivity index (χ0n) is 13.2. The molecule has 2 amide bonds. The first-order valence-corrected chi connectivity index (χ1v) is 6.99. The van der Waals surface area contributed by atoms with E-state index in [0.29, 0.717) is 6.54 Å². The molecular formula is C16H27N3O. The highest BCUT2D eigenvalue weighted by Gasteiger charge is 2.26. The lowest BCUT2D eigenvalue weighted by atomic mass is 9.82. The van der Waals surface area contributed by atoms with Gasteiger partial charge in [-0.2, -0.15) is 0 Å². The summed E-state index contributed by atoms with van der Waals surface area (Å²) in [4.78, 5) is 12.0. The Morgan fingerprint density at radius 1 is 1.10 bits per heavy atom. The molecular weight excluding hydrogens is 250 g/mol. The number of anilines is 1. The van der Waals surface area contributed by atoms with E-state index in [-0.39, 0.29) is 17.0 Å². The van der Waals surface area contributed by atoms with E-state index in [1.807, 2.05) is 38.1 Å². The Hall–Kier alpha value is -1.55. The van der Waals surface area contributed by atoms with Crippen LogP contribution in [0.4, 0.5) is 10.5 Å². The van der Waals surface area contributed by atoms with Gasteiger partial charge in [-0.25, -0.2) is 4.79 Å². The Bertz CT molecular complexity index is 444. The van der Waals surface area contributed by atoms with Crippen molar-refractivity contribution in [3.8, 4) is 0 Å². The molecule has 1 rings (SSSR count). The first kappa shape index (κ1) is 16.5. The highest BCUT2D eigenvalue weighted by Crippen LogP contribution is 2.26. The Morgan fingerprint density at radius 2 is 1.65 bits per heavy atom. The van der Waals surface area contributed by atoms with Crippen molar-refractivity contribution >= 4 is 11.7 Å². The smallest absolute Gasteiger partial charge is 0.319 e. The first-order valence-electron chi connectivity index (χ1n) is 6.99. The van der Waals surface area contributed by atoms with Crippen LogP contribution >= 0.6 is 0 Å². The summed E-state index contributed by atoms with van der Waals surface area (Å²) in [5, 5.41) is 5.86. The molecule has 4 heteroatoms. The summed E-state index contributed by atoms with van der Waals surface area (Å²) in [6.45, 7) is 11.1. The summed E-state index contributed by atoms with van der Waals surface area (Å²) in [5.74, 6) is 0. The second-order valence-electron chi connectivity index (χ2n) is 7.10. The lowest BCUT2D eigenvalue weighted by molar-refractivity contribution is 0.220. The second-order valence-corrected chi connectivity index (χ2v) is 7.10. The number of carbonyl (C=O) groups is 1. The third-order valence-electron chi connectivity index (χ3n) is 2.87. The third kappa shape index (κ3) is 6.06. The van der Waals surface area contributed by atoms with E-state index in [1.54, 1.807) is 0 Å². The van der Waals surface area contributed by atoms with E-state index in [0.717, 1.165) is 17.7 Å². The van der Waals surface area contributed by atoms with Gasteiger partial charge < -0.3 is 16.4 Å². The maximum absolute atomic E-state index is 12.0. The molecule has 4 N–H and O–H groups in total. The number of nitrogens with one attached hydrogen (secondary N) is 2. The summed E-state index contributed by atoms with van der Waals surface area (Å²) < 4.78 is 0. The van der Waals surface area contributed by atoms with Gasteiger partial charge in [0, 0.05) is 17.8 Å². The maximum atomic E-state index is 12.0. The van der Waals surface area contributed by atoms with Gasteiger partial charge in [-0.1, -0.05) is 32.9 Å². The Kier molecular flexibility index (Phi) is 5.17. The minimum absolute atomic E-state index is 0.166. The van der Waals surface area contributed by atoms with Gasteiger partial charge in [0.15, 0.2) is 0 Å². The molecule has 0 aromatic heterocycles. The summed E-state index contributed by atoms with van der Waals surface area (Å²) in [6.07, 6.45) is 0.902. The summed E-state index contributed by atoms with van der Waals surface area (Å²) in [7, 11) is 0. The van der Waals surface area contributed by atoms with Gasteiger partial charge in [-0.15, -0.1) is 0 Å². The fraction of sp³-hybridized carbons (Fsp3) is 0.562. The number of amides is 2. The third-order valence-corrected chi connectivity index (χ3v) is 2.87. The van der Waals surface area contributed by atoms with Crippen LogP contribution in [0.5, 0.6) is 0 Å². The number of rotatable bonds is 4. The van der Waals surface area contributed by atoms with Crippen LogP contribution in [0.3, 0.4) is 0 Å². The standard InChI is InChI=1S/C16H27N3O/c1-15(2,3)11-16(4,5)19-14(20)18-13-8-6-12(10-17)7-9-13/h6-9H,10-11,17H2,1-5H3,(H2,18,19,20). The van der Waals surface area contributed by atoms with Crippen LogP contribution in [0.1, 0.15) is 46.6 Å². The fourth-order valence-electron chi connectivity index (χ4n) is 2.56. The zero-order chi connectivity index (χ0) is 15.4. The van der Waals surface area contributed by atoms with E-state index in [9.17, 15) is 4.79 Å². The molecule has 4 nitrogen and oxygen atoms in total. The van der Waals surface area contributed by atoms with Crippen molar-refractivity contribution in [3.63, 3.8) is 0 Å². The lowest BCUT2D eigenvalue weighted by Crippen LogP contribution is -2.47. The molecule has 0 aliphatic heterocycles. The van der Waals surface area contributed by atoms with Crippen molar-refractivity contribution in [2.75, 3.05) is 5.32 Å². The SMILES string of the molecule is CC(C)(C)CC(C)(C)NC(=O)Nc1ccc(CN)cc1. The topological polar surface area (TPSA) is 67.2 Å². The van der Waals surface area contributed by atoms with Crippen LogP contribution in [-0.2, 0) is 6.54 Å². The van der Waals surface area contributed by atoms with Crippen LogP contribution in [0, 0.1) is 5.41 Å². The molecule has 0 saturated heterocycles. The number of urea groups is 1. The molecule has 0 radical (unpaired) electrons. The van der Waals surface area contributed by atoms with E-state index < -0.39 is 0 Å². The van der Waals surface area contributed by atoms with Gasteiger partial charge >= 0.3 is 6.03 Å². The Morgan fingerprint density at radius 3 is 2.10 bits per heavy atom. The Labute approximate surface area is 122 Å². The average Bonchev–Trinajstić information content (AvgIpc) is 2.25. The number of hydrogen-bond acceptors (Lipinski definition) is 2. The highest BCUT2D eigenvalue weighted by atomic mass is 16.2. The van der Waals surface area contributed by atoms with Gasteiger partial charge in [-0.05, 0) is 43.4 Å². The Balaban J connectivity index is 2.58. The minimum Gasteiger partial charge on any atom is -0.333 e. The van der Waals surface area contributed by atoms with E-state index in [1.165, 1.54) is 0 Å². The van der Waals surface area contributed by atoms with Crippen LogP contribution in [0.15, 0.2) is 24.3 Å². The van der Waals surface area contributed by atoms with Gasteiger partial charge in [0.2, 0.25) is 0 Å². The highest BCUT2D eigenvalue weighted by molar-refractivity contribution is 5.89. The van der Waals surface area contributed by atoms with Crippen molar-refractivity contribution < 1.29 is 4.79 Å². The van der Waals surface area contributed by atoms with Crippen molar-refractivity contribution in [2.45, 2.75) is 53.1 Å². The van der Waals surface area contributed by atoms with Gasteiger partial charge in [-0.3, -0.25) is 0 Å². The molecule has 0 atom stereocenters. The quantitative estimate of drug-likeness (QED) is 0.788. The van der Waals surface area contributed by atoms with Gasteiger partial charge in [0.05, 0.1) is 0 Å². The molecule has 20 heavy (non-hydrogen) atoms. The second kappa shape index (κ2) is 6.27. The number of benzene rings is 1. The van der Waals surface area contributed by atoms with Gasteiger partial charge in [0.25, 0.3) is 0 Å². The predicted octanol–water partition coefficient (Wildman–Crippen LogP) is 3.48. The maximum Gasteiger partial charge on any atom is 0.319 e. The van der Waals surface area contributed by atoms with E-state index in [2.05, 4.69) is 31.4 Å². The monoisotopic (exact) mass is 277 g/mol. The summed E-state index contributed by atoms with van der Waals surface area (Å²) in [5.41, 5.74) is 7.27. The average molecular weight is 277 g/mol. The molecule has 112 valence electrons. The molecule has 0 spiro atoms. The number of nitrogens with two attached hydrogens (primary N) is 1. The number of carbonyl (C=O) groups excluding carboxylic acids is 1. The first-order chi connectivity index (χ1) is 9.11. The molecule has 0 saturated carbocycles. The van der Waals surface area contributed by atoms with E-state index in [4.69, 9.17) is 5.73 Å². The summed E-state index contributed by atoms with van der Waals surface area (Å²) >= 11 is 0. The van der Waals surface area contributed by atoms with Crippen LogP contribution in [0.25, 0.3) is 0 Å². The predicted molar refractivity (Wildman–Crippen MR) is 84.6 cm³/mol. The van der Waals surface area contributed by atoms with Gasteiger partial charge in [0.1, 0.15) is 0 Å². The summed E-state index contributed by atoms with van der Waals surface area (Å²) in [6, 6.07) is 7.36. The minimum atomic E-state index is -0.250. The van der Waals surface area contributed by atoms with Crippen molar-refractivity contribution in [2.24, 2.45) is 11.1 Å². The molecule has 0 heterocycles. The van der Waals surface area contributed by atoms with Crippen LogP contribution in [-0.4, -0.2) is 11.6 Å². The van der Waals surface area contributed by atoms with Crippen molar-refractivity contribution in [3.05, 3.63) is 29.8 Å². The molecule has 0 aliphatic carbocycles. The molecule has 0 aliphatic rings. The number of hydrogen-bond donors (Lipinski definition) is 3. The molecule has 1 aromatic rings. The van der Waals surface area contributed by atoms with E-state index >= 15 is 0 Å². The van der Waals surface area contributed by atoms with Crippen LogP contribution in [0.2, 0.25) is 0 Å². The molecule has 0 bridgehead atoms. The largest absolute Gasteiger partial charge is 0.333 e. The van der Waals surface area contributed by atoms with Crippen molar-refractivity contribution in [1.82, 2.24) is 5.32 Å². The van der Waals surface area contributed by atoms with Crippen molar-refractivity contribution in [1.29, 1.82) is 0 Å². The molecule has 0 unspecified atom stereocenters.